The molecule has 100 valence electrons. The zero-order valence-corrected chi connectivity index (χ0v) is 11.2. The van der Waals surface area contributed by atoms with Crippen LogP contribution in [0.5, 0.6) is 0 Å². The average Bonchev–Trinajstić information content (AvgIpc) is 2.37. The van der Waals surface area contributed by atoms with E-state index in [9.17, 15) is 5.11 Å². The molecule has 3 nitrogen and oxygen atoms in total. The van der Waals surface area contributed by atoms with E-state index in [-0.39, 0.29) is 12.2 Å². The Morgan fingerprint density at radius 1 is 1.33 bits per heavy atom. The van der Waals surface area contributed by atoms with Crippen molar-refractivity contribution in [2.75, 3.05) is 20.1 Å². The molecule has 3 atom stereocenters. The summed E-state index contributed by atoms with van der Waals surface area (Å²) in [5.41, 5.74) is 1.21. The molecule has 1 saturated heterocycles. The van der Waals surface area contributed by atoms with Gasteiger partial charge >= 0.3 is 0 Å². The molecular formula is C15H23NO2. The van der Waals surface area contributed by atoms with E-state index < -0.39 is 0 Å². The highest BCUT2D eigenvalue weighted by Gasteiger charge is 2.28. The Balaban J connectivity index is 1.85. The predicted molar refractivity (Wildman–Crippen MR) is 72.3 cm³/mol. The van der Waals surface area contributed by atoms with E-state index in [1.807, 2.05) is 25.1 Å². The van der Waals surface area contributed by atoms with Crippen molar-refractivity contribution in [3.8, 4) is 0 Å². The summed E-state index contributed by atoms with van der Waals surface area (Å²) in [6.45, 7) is 4.45. The zero-order valence-electron chi connectivity index (χ0n) is 11.2. The molecule has 0 amide bonds. The second-order valence-corrected chi connectivity index (χ2v) is 5.38. The summed E-state index contributed by atoms with van der Waals surface area (Å²) in [6.07, 6.45) is 0.925. The minimum Gasteiger partial charge on any atom is -0.393 e. The van der Waals surface area contributed by atoms with E-state index in [0.717, 1.165) is 19.5 Å². The van der Waals surface area contributed by atoms with Crippen molar-refractivity contribution in [3.63, 3.8) is 0 Å². The van der Waals surface area contributed by atoms with Gasteiger partial charge < -0.3 is 14.7 Å². The summed E-state index contributed by atoms with van der Waals surface area (Å²) in [6, 6.07) is 10.2. The quantitative estimate of drug-likeness (QED) is 0.884. The van der Waals surface area contributed by atoms with Gasteiger partial charge in [-0.1, -0.05) is 30.3 Å². The molecule has 1 aromatic carbocycles. The average molecular weight is 249 g/mol. The van der Waals surface area contributed by atoms with Crippen LogP contribution >= 0.6 is 0 Å². The molecule has 0 spiro atoms. The fraction of sp³-hybridized carbons (Fsp3) is 0.600. The van der Waals surface area contributed by atoms with Gasteiger partial charge in [0.05, 0.1) is 18.8 Å². The number of piperidine rings is 1. The third-order valence-corrected chi connectivity index (χ3v) is 3.64. The first-order chi connectivity index (χ1) is 8.65. The standard InChI is InChI=1S/C15H23NO2/c1-12(17)14-8-15(10-16(2)9-14)18-11-13-6-4-3-5-7-13/h3-7,12,14-15,17H,8-11H2,1-2H3. The minimum atomic E-state index is -0.254. The first kappa shape index (κ1) is 13.5. The summed E-state index contributed by atoms with van der Waals surface area (Å²) >= 11 is 0. The Labute approximate surface area is 109 Å². The van der Waals surface area contributed by atoms with E-state index in [2.05, 4.69) is 24.1 Å². The second kappa shape index (κ2) is 6.32. The van der Waals surface area contributed by atoms with E-state index in [4.69, 9.17) is 4.74 Å². The molecule has 1 aliphatic heterocycles. The van der Waals surface area contributed by atoms with Crippen molar-refractivity contribution in [2.45, 2.75) is 32.2 Å². The normalized spacial score (nSPS) is 27.1. The van der Waals surface area contributed by atoms with Crippen molar-refractivity contribution in [3.05, 3.63) is 35.9 Å². The van der Waals surface area contributed by atoms with Gasteiger partial charge in [-0.05, 0) is 31.9 Å². The molecule has 1 fully saturated rings. The number of benzene rings is 1. The van der Waals surface area contributed by atoms with Crippen molar-refractivity contribution in [1.29, 1.82) is 0 Å². The molecule has 1 aromatic rings. The number of likely N-dealkylation sites (N-methyl/N-ethyl adjacent to an activating group) is 1. The van der Waals surface area contributed by atoms with Gasteiger partial charge in [-0.25, -0.2) is 0 Å². The van der Waals surface area contributed by atoms with Crippen molar-refractivity contribution in [2.24, 2.45) is 5.92 Å². The maximum atomic E-state index is 9.72. The molecule has 0 radical (unpaired) electrons. The highest BCUT2D eigenvalue weighted by Crippen LogP contribution is 2.22. The maximum absolute atomic E-state index is 9.72. The lowest BCUT2D eigenvalue weighted by Gasteiger charge is -2.36. The number of hydrogen-bond donors (Lipinski definition) is 1. The molecule has 1 aliphatic rings. The number of aliphatic hydroxyl groups excluding tert-OH is 1. The Hall–Kier alpha value is -0.900. The number of likely N-dealkylation sites (tertiary alicyclic amines) is 1. The van der Waals surface area contributed by atoms with Crippen LogP contribution in [0.25, 0.3) is 0 Å². The lowest BCUT2D eigenvalue weighted by molar-refractivity contribution is -0.0445. The summed E-state index contributed by atoms with van der Waals surface area (Å²) in [7, 11) is 2.09. The van der Waals surface area contributed by atoms with Gasteiger partial charge in [0, 0.05) is 13.1 Å². The zero-order chi connectivity index (χ0) is 13.0. The molecule has 0 saturated carbocycles. The Morgan fingerprint density at radius 2 is 2.06 bits per heavy atom. The minimum absolute atomic E-state index is 0.226. The Kier molecular flexibility index (Phi) is 4.75. The van der Waals surface area contributed by atoms with Gasteiger partial charge in [0.25, 0.3) is 0 Å². The summed E-state index contributed by atoms with van der Waals surface area (Å²) in [5.74, 6) is 0.324. The van der Waals surface area contributed by atoms with Crippen molar-refractivity contribution in [1.82, 2.24) is 4.90 Å². The number of nitrogens with zero attached hydrogens (tertiary/aromatic N) is 1. The molecule has 3 unspecified atom stereocenters. The number of hydrogen-bond acceptors (Lipinski definition) is 3. The molecule has 0 aromatic heterocycles. The Bertz CT molecular complexity index is 353. The Morgan fingerprint density at radius 3 is 2.72 bits per heavy atom. The van der Waals surface area contributed by atoms with Crippen LogP contribution in [0.4, 0.5) is 0 Å². The maximum Gasteiger partial charge on any atom is 0.0721 e. The van der Waals surface area contributed by atoms with Gasteiger partial charge in [0.1, 0.15) is 0 Å². The van der Waals surface area contributed by atoms with Gasteiger partial charge in [0.2, 0.25) is 0 Å². The van der Waals surface area contributed by atoms with Crippen LogP contribution in [0.15, 0.2) is 30.3 Å². The lowest BCUT2D eigenvalue weighted by atomic mass is 9.92. The van der Waals surface area contributed by atoms with Crippen LogP contribution in [0.1, 0.15) is 18.9 Å². The van der Waals surface area contributed by atoms with E-state index in [1.165, 1.54) is 5.56 Å². The number of rotatable bonds is 4. The first-order valence-corrected chi connectivity index (χ1v) is 6.67. The first-order valence-electron chi connectivity index (χ1n) is 6.67. The molecule has 0 bridgehead atoms. The topological polar surface area (TPSA) is 32.7 Å². The summed E-state index contributed by atoms with van der Waals surface area (Å²) in [4.78, 5) is 2.25. The number of ether oxygens (including phenoxy) is 1. The fourth-order valence-corrected chi connectivity index (χ4v) is 2.57. The largest absolute Gasteiger partial charge is 0.393 e. The van der Waals surface area contributed by atoms with E-state index in [1.54, 1.807) is 0 Å². The molecule has 3 heteroatoms. The van der Waals surface area contributed by atoms with Gasteiger partial charge in [-0.15, -0.1) is 0 Å². The smallest absolute Gasteiger partial charge is 0.0721 e. The SMILES string of the molecule is CC(O)C1CC(OCc2ccccc2)CN(C)C1. The van der Waals surface area contributed by atoms with E-state index >= 15 is 0 Å². The third kappa shape index (κ3) is 3.80. The summed E-state index contributed by atoms with van der Waals surface area (Å²) < 4.78 is 5.97. The molecule has 18 heavy (non-hydrogen) atoms. The molecule has 0 aliphatic carbocycles. The summed E-state index contributed by atoms with van der Waals surface area (Å²) in [5, 5.41) is 9.72. The second-order valence-electron chi connectivity index (χ2n) is 5.38. The molecule has 2 rings (SSSR count). The van der Waals surface area contributed by atoms with Crippen molar-refractivity contribution >= 4 is 0 Å². The molecule has 1 heterocycles. The molecule has 1 N–H and O–H groups in total. The highest BCUT2D eigenvalue weighted by atomic mass is 16.5. The van der Waals surface area contributed by atoms with Crippen LogP contribution in [-0.2, 0) is 11.3 Å². The fourth-order valence-electron chi connectivity index (χ4n) is 2.57. The predicted octanol–water partition coefficient (Wildman–Crippen LogP) is 1.90. The van der Waals surface area contributed by atoms with Crippen LogP contribution in [0.3, 0.4) is 0 Å². The van der Waals surface area contributed by atoms with Crippen LogP contribution in [0, 0.1) is 5.92 Å². The van der Waals surface area contributed by atoms with E-state index in [0.29, 0.717) is 12.5 Å². The molecular weight excluding hydrogens is 226 g/mol. The van der Waals surface area contributed by atoms with Gasteiger partial charge in [-0.3, -0.25) is 0 Å². The highest BCUT2D eigenvalue weighted by molar-refractivity contribution is 5.13. The lowest BCUT2D eigenvalue weighted by Crippen LogP contribution is -2.45. The number of aliphatic hydroxyl groups is 1. The monoisotopic (exact) mass is 249 g/mol. The van der Waals surface area contributed by atoms with Gasteiger partial charge in [-0.2, -0.15) is 0 Å². The van der Waals surface area contributed by atoms with Gasteiger partial charge in [0.15, 0.2) is 0 Å². The van der Waals surface area contributed by atoms with Crippen LogP contribution < -0.4 is 0 Å². The van der Waals surface area contributed by atoms with Crippen LogP contribution in [0.2, 0.25) is 0 Å². The van der Waals surface area contributed by atoms with Crippen LogP contribution in [-0.4, -0.2) is 42.4 Å². The third-order valence-electron chi connectivity index (χ3n) is 3.64. The van der Waals surface area contributed by atoms with Crippen molar-refractivity contribution < 1.29 is 9.84 Å².